The molecule has 21 heavy (non-hydrogen) atoms. The Hall–Kier alpha value is -1.07. The lowest BCUT2D eigenvalue weighted by molar-refractivity contribution is 0.222. The fourth-order valence-electron chi connectivity index (χ4n) is 3.20. The number of hydrogen-bond donors (Lipinski definition) is 0. The lowest BCUT2D eigenvalue weighted by atomic mass is 9.94. The van der Waals surface area contributed by atoms with Crippen molar-refractivity contribution in [3.05, 3.63) is 23.3 Å². The predicted molar refractivity (Wildman–Crippen MR) is 84.2 cm³/mol. The summed E-state index contributed by atoms with van der Waals surface area (Å²) in [5, 5.41) is 0. The second-order valence-corrected chi connectivity index (χ2v) is 8.26. The van der Waals surface area contributed by atoms with Gasteiger partial charge >= 0.3 is 0 Å². The quantitative estimate of drug-likeness (QED) is 0.862. The van der Waals surface area contributed by atoms with Crippen LogP contribution in [0.1, 0.15) is 31.4 Å². The summed E-state index contributed by atoms with van der Waals surface area (Å²) in [6, 6.07) is 3.53. The van der Waals surface area contributed by atoms with Crippen molar-refractivity contribution in [1.29, 1.82) is 0 Å². The molecule has 1 aromatic carbocycles. The molecule has 1 aliphatic rings. The monoisotopic (exact) mass is 311 g/mol. The van der Waals surface area contributed by atoms with Crippen LogP contribution in [0.15, 0.2) is 17.0 Å². The first-order valence-electron chi connectivity index (χ1n) is 7.41. The van der Waals surface area contributed by atoms with E-state index in [4.69, 9.17) is 4.74 Å². The molecule has 0 saturated carbocycles. The van der Waals surface area contributed by atoms with Crippen LogP contribution in [0.3, 0.4) is 0 Å². The second kappa shape index (κ2) is 5.97. The number of hydrogen-bond acceptors (Lipinski definition) is 3. The summed E-state index contributed by atoms with van der Waals surface area (Å²) in [4.78, 5) is 0.405. The SMILES string of the molecule is COc1cc(C)c(S(=O)(=O)N2CC(C)CC(C)C2)cc1C. The van der Waals surface area contributed by atoms with Crippen LogP contribution in [-0.2, 0) is 10.0 Å². The Morgan fingerprint density at radius 1 is 1.10 bits per heavy atom. The molecular formula is C16H25NO3S. The standard InChI is InChI=1S/C16H25NO3S/c1-11-6-12(2)10-17(9-11)21(18,19)16-8-13(3)15(20-5)7-14(16)4/h7-8,11-12H,6,9-10H2,1-5H3. The van der Waals surface area contributed by atoms with Gasteiger partial charge in [0.05, 0.1) is 12.0 Å². The van der Waals surface area contributed by atoms with E-state index in [1.54, 1.807) is 23.5 Å². The molecule has 0 amide bonds. The van der Waals surface area contributed by atoms with Gasteiger partial charge in [0.25, 0.3) is 0 Å². The van der Waals surface area contributed by atoms with Gasteiger partial charge in [0.15, 0.2) is 0 Å². The summed E-state index contributed by atoms with van der Waals surface area (Å²) < 4.78 is 32.8. The number of aryl methyl sites for hydroxylation is 2. The number of rotatable bonds is 3. The largest absolute Gasteiger partial charge is 0.496 e. The second-order valence-electron chi connectivity index (χ2n) is 6.36. The molecule has 0 bridgehead atoms. The Balaban J connectivity index is 2.42. The Morgan fingerprint density at radius 2 is 1.67 bits per heavy atom. The Bertz CT molecular complexity index is 615. The van der Waals surface area contributed by atoms with E-state index in [1.807, 2.05) is 13.8 Å². The van der Waals surface area contributed by atoms with Gasteiger partial charge < -0.3 is 4.74 Å². The molecule has 2 atom stereocenters. The van der Waals surface area contributed by atoms with Crippen LogP contribution in [-0.4, -0.2) is 32.9 Å². The minimum atomic E-state index is -3.43. The molecule has 0 spiro atoms. The molecule has 2 unspecified atom stereocenters. The zero-order valence-corrected chi connectivity index (χ0v) is 14.3. The van der Waals surface area contributed by atoms with Crippen molar-refractivity contribution in [2.45, 2.75) is 39.0 Å². The van der Waals surface area contributed by atoms with Crippen molar-refractivity contribution in [3.63, 3.8) is 0 Å². The molecule has 1 aromatic rings. The summed E-state index contributed by atoms with van der Waals surface area (Å²) >= 11 is 0. The van der Waals surface area contributed by atoms with Crippen molar-refractivity contribution in [2.24, 2.45) is 11.8 Å². The summed E-state index contributed by atoms with van der Waals surface area (Å²) in [6.07, 6.45) is 1.09. The first kappa shape index (κ1) is 16.3. The first-order chi connectivity index (χ1) is 9.75. The Labute approximate surface area is 128 Å². The van der Waals surface area contributed by atoms with Crippen LogP contribution in [0, 0.1) is 25.7 Å². The fraction of sp³-hybridized carbons (Fsp3) is 0.625. The Morgan fingerprint density at radius 3 is 2.19 bits per heavy atom. The molecule has 1 fully saturated rings. The van der Waals surface area contributed by atoms with Crippen molar-refractivity contribution in [3.8, 4) is 5.75 Å². The van der Waals surface area contributed by atoms with Crippen LogP contribution in [0.2, 0.25) is 0 Å². The summed E-state index contributed by atoms with van der Waals surface area (Å²) in [5.74, 6) is 1.54. The third-order valence-corrected chi connectivity index (χ3v) is 6.12. The van der Waals surface area contributed by atoms with E-state index in [0.29, 0.717) is 29.8 Å². The molecule has 0 radical (unpaired) electrons. The molecule has 2 rings (SSSR count). The summed E-state index contributed by atoms with van der Waals surface area (Å²) in [7, 11) is -1.83. The Kier molecular flexibility index (Phi) is 4.63. The molecule has 0 aromatic heterocycles. The van der Waals surface area contributed by atoms with E-state index in [9.17, 15) is 8.42 Å². The molecule has 5 heteroatoms. The first-order valence-corrected chi connectivity index (χ1v) is 8.85. The third kappa shape index (κ3) is 3.24. The normalized spacial score (nSPS) is 24.0. The lowest BCUT2D eigenvalue weighted by Crippen LogP contribution is -2.42. The zero-order valence-electron chi connectivity index (χ0n) is 13.5. The summed E-state index contributed by atoms with van der Waals surface area (Å²) in [5.41, 5.74) is 1.59. The van der Waals surface area contributed by atoms with Crippen LogP contribution < -0.4 is 4.74 Å². The van der Waals surface area contributed by atoms with Crippen molar-refractivity contribution < 1.29 is 13.2 Å². The molecule has 0 N–H and O–H groups in total. The highest BCUT2D eigenvalue weighted by atomic mass is 32.2. The van der Waals surface area contributed by atoms with E-state index < -0.39 is 10.0 Å². The average molecular weight is 311 g/mol. The van der Waals surface area contributed by atoms with Gasteiger partial charge in [-0.2, -0.15) is 4.31 Å². The lowest BCUT2D eigenvalue weighted by Gasteiger charge is -2.34. The molecule has 118 valence electrons. The highest BCUT2D eigenvalue weighted by Gasteiger charge is 2.32. The number of methoxy groups -OCH3 is 1. The maximum absolute atomic E-state index is 12.9. The van der Waals surface area contributed by atoms with Gasteiger partial charge in [-0.25, -0.2) is 8.42 Å². The van der Waals surface area contributed by atoms with Gasteiger partial charge in [0.2, 0.25) is 10.0 Å². The molecule has 1 saturated heterocycles. The summed E-state index contributed by atoms with van der Waals surface area (Å²) in [6.45, 7) is 9.15. The molecular weight excluding hydrogens is 286 g/mol. The number of benzene rings is 1. The van der Waals surface area contributed by atoms with Crippen LogP contribution in [0.25, 0.3) is 0 Å². The van der Waals surface area contributed by atoms with E-state index in [-0.39, 0.29) is 0 Å². The average Bonchev–Trinajstić information content (AvgIpc) is 2.39. The predicted octanol–water partition coefficient (Wildman–Crippen LogP) is 2.98. The minimum absolute atomic E-state index is 0.405. The van der Waals surface area contributed by atoms with Gasteiger partial charge in [-0.05, 0) is 55.4 Å². The molecule has 0 aliphatic carbocycles. The van der Waals surface area contributed by atoms with Crippen LogP contribution in [0.4, 0.5) is 0 Å². The van der Waals surface area contributed by atoms with Gasteiger partial charge in [-0.1, -0.05) is 13.8 Å². The van der Waals surface area contributed by atoms with Crippen molar-refractivity contribution in [1.82, 2.24) is 4.31 Å². The maximum Gasteiger partial charge on any atom is 0.243 e. The van der Waals surface area contributed by atoms with E-state index >= 15 is 0 Å². The number of sulfonamides is 1. The van der Waals surface area contributed by atoms with Gasteiger partial charge in [-0.15, -0.1) is 0 Å². The number of ether oxygens (including phenoxy) is 1. The topological polar surface area (TPSA) is 46.6 Å². The highest BCUT2D eigenvalue weighted by Crippen LogP contribution is 2.31. The molecule has 1 aliphatic heterocycles. The van der Waals surface area contributed by atoms with E-state index in [1.165, 1.54) is 0 Å². The highest BCUT2D eigenvalue weighted by molar-refractivity contribution is 7.89. The minimum Gasteiger partial charge on any atom is -0.496 e. The van der Waals surface area contributed by atoms with Gasteiger partial charge in [-0.3, -0.25) is 0 Å². The fourth-order valence-corrected chi connectivity index (χ4v) is 5.17. The van der Waals surface area contributed by atoms with Crippen LogP contribution >= 0.6 is 0 Å². The maximum atomic E-state index is 12.9. The molecule has 1 heterocycles. The third-order valence-electron chi connectivity index (χ3n) is 4.15. The van der Waals surface area contributed by atoms with Crippen LogP contribution in [0.5, 0.6) is 5.75 Å². The van der Waals surface area contributed by atoms with Gasteiger partial charge in [0, 0.05) is 13.1 Å². The zero-order chi connectivity index (χ0) is 15.8. The van der Waals surface area contributed by atoms with Crippen molar-refractivity contribution in [2.75, 3.05) is 20.2 Å². The number of nitrogens with zero attached hydrogens (tertiary/aromatic N) is 1. The van der Waals surface area contributed by atoms with E-state index in [2.05, 4.69) is 13.8 Å². The molecule has 4 nitrogen and oxygen atoms in total. The smallest absolute Gasteiger partial charge is 0.243 e. The number of piperidine rings is 1. The van der Waals surface area contributed by atoms with Gasteiger partial charge in [0.1, 0.15) is 5.75 Å². The van der Waals surface area contributed by atoms with E-state index in [0.717, 1.165) is 23.3 Å². The van der Waals surface area contributed by atoms with Crippen molar-refractivity contribution >= 4 is 10.0 Å².